The largest absolute Gasteiger partial charge is 0.346 e. The molecule has 0 saturated carbocycles. The van der Waals surface area contributed by atoms with Gasteiger partial charge < -0.3 is 11.1 Å². The van der Waals surface area contributed by atoms with Crippen LogP contribution < -0.4 is 11.1 Å². The van der Waals surface area contributed by atoms with Gasteiger partial charge in [0, 0.05) is 6.92 Å². The van der Waals surface area contributed by atoms with Gasteiger partial charge >= 0.3 is 0 Å². The van der Waals surface area contributed by atoms with Crippen LogP contribution in [-0.2, 0) is 4.79 Å². The van der Waals surface area contributed by atoms with Gasteiger partial charge in [-0.1, -0.05) is 23.3 Å². The summed E-state index contributed by atoms with van der Waals surface area (Å²) in [6.45, 7) is 7.45. The normalized spacial score (nSPS) is 31.9. The van der Waals surface area contributed by atoms with E-state index in [1.807, 2.05) is 32.9 Å². The number of amides is 1. The van der Waals surface area contributed by atoms with Crippen LogP contribution in [-0.4, -0.2) is 17.5 Å². The summed E-state index contributed by atoms with van der Waals surface area (Å²) in [5, 5.41) is 2.89. The van der Waals surface area contributed by atoms with E-state index in [0.717, 1.165) is 11.1 Å². The summed E-state index contributed by atoms with van der Waals surface area (Å²) in [6.07, 6.45) is 4.06. The number of nitrogens with two attached hydrogens (primary N) is 1. The lowest BCUT2D eigenvalue weighted by Gasteiger charge is -2.37. The van der Waals surface area contributed by atoms with Gasteiger partial charge in [0.25, 0.3) is 0 Å². The molecule has 2 atom stereocenters. The summed E-state index contributed by atoms with van der Waals surface area (Å²) >= 11 is 0. The lowest BCUT2D eigenvalue weighted by atomic mass is 9.81. The van der Waals surface area contributed by atoms with Crippen LogP contribution in [0.2, 0.25) is 0 Å². The van der Waals surface area contributed by atoms with Crippen molar-refractivity contribution in [2.75, 3.05) is 0 Å². The van der Waals surface area contributed by atoms with Gasteiger partial charge in [-0.25, -0.2) is 0 Å². The standard InChI is InChI=1S/C11H18N2O/c1-7-5-8(2)10(12)11(4,6-7)13-9(3)14/h5-6,10H,12H2,1-4H3,(H,13,14). The Morgan fingerprint density at radius 1 is 1.57 bits per heavy atom. The van der Waals surface area contributed by atoms with Crippen LogP contribution in [0, 0.1) is 0 Å². The van der Waals surface area contributed by atoms with Crippen molar-refractivity contribution in [2.24, 2.45) is 5.73 Å². The predicted octanol–water partition coefficient (Wildman–Crippen LogP) is 1.11. The lowest BCUT2D eigenvalue weighted by Crippen LogP contribution is -2.57. The molecule has 0 aromatic heterocycles. The fraction of sp³-hybridized carbons (Fsp3) is 0.545. The van der Waals surface area contributed by atoms with Crippen molar-refractivity contribution in [3.63, 3.8) is 0 Å². The average molecular weight is 194 g/mol. The first-order valence-electron chi connectivity index (χ1n) is 4.77. The Morgan fingerprint density at radius 3 is 2.64 bits per heavy atom. The van der Waals surface area contributed by atoms with E-state index in [-0.39, 0.29) is 11.9 Å². The van der Waals surface area contributed by atoms with Crippen LogP contribution >= 0.6 is 0 Å². The molecular formula is C11H18N2O. The van der Waals surface area contributed by atoms with E-state index >= 15 is 0 Å². The molecule has 0 aromatic carbocycles. The van der Waals surface area contributed by atoms with Crippen LogP contribution in [0.25, 0.3) is 0 Å². The molecule has 1 rings (SSSR count). The maximum absolute atomic E-state index is 11.1. The molecule has 1 amide bonds. The van der Waals surface area contributed by atoms with Crippen LogP contribution in [0.5, 0.6) is 0 Å². The molecule has 0 bridgehead atoms. The summed E-state index contributed by atoms with van der Waals surface area (Å²) in [5.41, 5.74) is 7.83. The molecule has 0 saturated heterocycles. The van der Waals surface area contributed by atoms with E-state index in [2.05, 4.69) is 5.32 Å². The molecule has 0 spiro atoms. The number of rotatable bonds is 1. The third kappa shape index (κ3) is 2.04. The highest BCUT2D eigenvalue weighted by Gasteiger charge is 2.33. The number of carbonyl (C=O) groups excluding carboxylic acids is 1. The number of nitrogens with one attached hydrogen (secondary N) is 1. The van der Waals surface area contributed by atoms with Crippen molar-refractivity contribution in [3.05, 3.63) is 23.3 Å². The SMILES string of the molecule is CC(=O)NC1(C)C=C(C)C=C(C)C1N. The third-order valence-corrected chi connectivity index (χ3v) is 2.56. The highest BCUT2D eigenvalue weighted by Crippen LogP contribution is 2.24. The van der Waals surface area contributed by atoms with E-state index in [1.54, 1.807) is 0 Å². The number of carbonyl (C=O) groups is 1. The maximum Gasteiger partial charge on any atom is 0.217 e. The van der Waals surface area contributed by atoms with Gasteiger partial charge in [-0.05, 0) is 20.8 Å². The summed E-state index contributed by atoms with van der Waals surface area (Å²) < 4.78 is 0. The molecule has 78 valence electrons. The molecule has 0 heterocycles. The van der Waals surface area contributed by atoms with Gasteiger partial charge in [-0.3, -0.25) is 4.79 Å². The molecule has 3 nitrogen and oxygen atoms in total. The van der Waals surface area contributed by atoms with Gasteiger partial charge in [0.15, 0.2) is 0 Å². The fourth-order valence-corrected chi connectivity index (χ4v) is 2.02. The highest BCUT2D eigenvalue weighted by molar-refractivity contribution is 5.74. The Balaban J connectivity index is 2.99. The molecule has 2 unspecified atom stereocenters. The van der Waals surface area contributed by atoms with Crippen molar-refractivity contribution in [1.29, 1.82) is 0 Å². The minimum absolute atomic E-state index is 0.0540. The summed E-state index contributed by atoms with van der Waals surface area (Å²) in [7, 11) is 0. The highest BCUT2D eigenvalue weighted by atomic mass is 16.1. The summed E-state index contributed by atoms with van der Waals surface area (Å²) in [4.78, 5) is 11.1. The van der Waals surface area contributed by atoms with Crippen molar-refractivity contribution < 1.29 is 4.79 Å². The lowest BCUT2D eigenvalue weighted by molar-refractivity contribution is -0.120. The summed E-state index contributed by atoms with van der Waals surface area (Å²) in [5.74, 6) is -0.0540. The zero-order chi connectivity index (χ0) is 10.9. The van der Waals surface area contributed by atoms with Gasteiger partial charge in [0.1, 0.15) is 0 Å². The van der Waals surface area contributed by atoms with Gasteiger partial charge in [0.05, 0.1) is 11.6 Å². The van der Waals surface area contributed by atoms with E-state index in [9.17, 15) is 4.79 Å². The molecule has 0 radical (unpaired) electrons. The maximum atomic E-state index is 11.1. The number of hydrogen-bond donors (Lipinski definition) is 2. The molecular weight excluding hydrogens is 176 g/mol. The molecule has 14 heavy (non-hydrogen) atoms. The van der Waals surface area contributed by atoms with Crippen molar-refractivity contribution in [2.45, 2.75) is 39.3 Å². The first kappa shape index (κ1) is 11.0. The van der Waals surface area contributed by atoms with E-state index < -0.39 is 5.54 Å². The van der Waals surface area contributed by atoms with E-state index in [4.69, 9.17) is 5.73 Å². The number of hydrogen-bond acceptors (Lipinski definition) is 2. The fourth-order valence-electron chi connectivity index (χ4n) is 2.02. The average Bonchev–Trinajstić information content (AvgIpc) is 1.98. The van der Waals surface area contributed by atoms with E-state index in [1.165, 1.54) is 6.92 Å². The Bertz CT molecular complexity index is 317. The molecule has 1 aliphatic rings. The Morgan fingerprint density at radius 2 is 2.14 bits per heavy atom. The van der Waals surface area contributed by atoms with Crippen LogP contribution in [0.3, 0.4) is 0 Å². The molecule has 0 aliphatic heterocycles. The van der Waals surface area contributed by atoms with Crippen molar-refractivity contribution >= 4 is 5.91 Å². The topological polar surface area (TPSA) is 55.1 Å². The minimum Gasteiger partial charge on any atom is -0.346 e. The molecule has 0 fully saturated rings. The molecule has 3 N–H and O–H groups in total. The third-order valence-electron chi connectivity index (χ3n) is 2.56. The second-order valence-corrected chi connectivity index (χ2v) is 4.22. The Hall–Kier alpha value is -1.09. The van der Waals surface area contributed by atoms with Gasteiger partial charge in [0.2, 0.25) is 5.91 Å². The van der Waals surface area contributed by atoms with Crippen LogP contribution in [0.4, 0.5) is 0 Å². The number of allylic oxidation sites excluding steroid dienone is 2. The van der Waals surface area contributed by atoms with E-state index in [0.29, 0.717) is 0 Å². The minimum atomic E-state index is -0.450. The van der Waals surface area contributed by atoms with Crippen molar-refractivity contribution in [1.82, 2.24) is 5.32 Å². The second kappa shape index (κ2) is 3.58. The monoisotopic (exact) mass is 194 g/mol. The molecule has 1 aliphatic carbocycles. The molecule has 0 aromatic rings. The Labute approximate surface area is 85.1 Å². The zero-order valence-corrected chi connectivity index (χ0v) is 9.22. The second-order valence-electron chi connectivity index (χ2n) is 4.22. The quantitative estimate of drug-likeness (QED) is 0.657. The van der Waals surface area contributed by atoms with Gasteiger partial charge in [-0.15, -0.1) is 0 Å². The zero-order valence-electron chi connectivity index (χ0n) is 9.22. The first-order valence-corrected chi connectivity index (χ1v) is 4.77. The van der Waals surface area contributed by atoms with Crippen molar-refractivity contribution in [3.8, 4) is 0 Å². The van der Waals surface area contributed by atoms with Gasteiger partial charge in [-0.2, -0.15) is 0 Å². The predicted molar refractivity (Wildman–Crippen MR) is 57.7 cm³/mol. The smallest absolute Gasteiger partial charge is 0.217 e. The molecule has 3 heteroatoms. The first-order chi connectivity index (χ1) is 6.35. The Kier molecular flexibility index (Phi) is 2.81. The van der Waals surface area contributed by atoms with Crippen LogP contribution in [0.15, 0.2) is 23.3 Å². The van der Waals surface area contributed by atoms with Crippen LogP contribution in [0.1, 0.15) is 27.7 Å². The summed E-state index contributed by atoms with van der Waals surface area (Å²) in [6, 6.07) is -0.143.